The highest BCUT2D eigenvalue weighted by Crippen LogP contribution is 2.13. The van der Waals surface area contributed by atoms with Gasteiger partial charge in [0, 0.05) is 0 Å². The Morgan fingerprint density at radius 1 is 1.09 bits per heavy atom. The van der Waals surface area contributed by atoms with Crippen LogP contribution in [0.15, 0.2) is 40.6 Å². The molecule has 6 heteroatoms. The van der Waals surface area contributed by atoms with Gasteiger partial charge in [-0.3, -0.25) is 0 Å². The van der Waals surface area contributed by atoms with E-state index in [1.807, 2.05) is 6.92 Å². The molecule has 0 bridgehead atoms. The Bertz CT molecular complexity index is 488. The second-order valence-corrected chi connectivity index (χ2v) is 4.87. The van der Waals surface area contributed by atoms with Gasteiger partial charge < -0.3 is 9.47 Å². The molecule has 0 aliphatic heterocycles. The van der Waals surface area contributed by atoms with E-state index in [0.717, 1.165) is 25.7 Å². The van der Waals surface area contributed by atoms with Crippen molar-refractivity contribution in [2.75, 3.05) is 6.61 Å². The zero-order valence-corrected chi connectivity index (χ0v) is 13.0. The average Bonchev–Trinajstić information content (AvgIpc) is 2.54. The number of carbonyl (C=O) groups is 2. The van der Waals surface area contributed by atoms with E-state index in [4.69, 9.17) is 9.47 Å². The van der Waals surface area contributed by atoms with Crippen LogP contribution in [0.1, 0.15) is 39.5 Å². The van der Waals surface area contributed by atoms with Crippen LogP contribution in [0.2, 0.25) is 0 Å². The van der Waals surface area contributed by atoms with Gasteiger partial charge in [-0.15, -0.1) is 0 Å². The third-order valence-corrected chi connectivity index (χ3v) is 3.15. The third kappa shape index (κ3) is 7.52. The van der Waals surface area contributed by atoms with Crippen molar-refractivity contribution in [3.05, 3.63) is 30.3 Å². The number of hydrogen-bond acceptors (Lipinski definition) is 4. The van der Waals surface area contributed by atoms with Gasteiger partial charge in [0.05, 0.1) is 6.61 Å². The highest BCUT2D eigenvalue weighted by atomic mass is 16.6. The number of hydrogen-bond donors (Lipinski definition) is 0. The van der Waals surface area contributed by atoms with Gasteiger partial charge in [-0.2, -0.15) is 0 Å². The molecule has 1 unspecified atom stereocenters. The molecule has 1 atom stereocenters. The van der Waals surface area contributed by atoms with Crippen LogP contribution in [0.4, 0.5) is 9.59 Å². The predicted octanol–water partition coefficient (Wildman–Crippen LogP) is 4.99. The number of nitrogens with zero attached hydrogens (tertiary/aromatic N) is 2. The third-order valence-electron chi connectivity index (χ3n) is 3.15. The fourth-order valence-corrected chi connectivity index (χ4v) is 1.81. The molecule has 120 valence electrons. The SMILES string of the molecule is CCCCC(CC)COC(=O)N=NC(=O)Oc1ccccc1. The Kier molecular flexibility index (Phi) is 8.49. The Morgan fingerprint density at radius 2 is 1.77 bits per heavy atom. The van der Waals surface area contributed by atoms with E-state index in [0.29, 0.717) is 18.3 Å². The molecule has 1 aromatic carbocycles. The van der Waals surface area contributed by atoms with Gasteiger partial charge in [0.2, 0.25) is 0 Å². The lowest BCUT2D eigenvalue weighted by molar-refractivity contribution is 0.130. The molecule has 1 rings (SSSR count). The van der Waals surface area contributed by atoms with E-state index in [9.17, 15) is 9.59 Å². The summed E-state index contributed by atoms with van der Waals surface area (Å²) >= 11 is 0. The summed E-state index contributed by atoms with van der Waals surface area (Å²) in [5.74, 6) is 0.654. The Morgan fingerprint density at radius 3 is 2.41 bits per heavy atom. The van der Waals surface area contributed by atoms with Crippen LogP contribution in [0.3, 0.4) is 0 Å². The molecule has 22 heavy (non-hydrogen) atoms. The van der Waals surface area contributed by atoms with Crippen LogP contribution in [-0.2, 0) is 4.74 Å². The van der Waals surface area contributed by atoms with Crippen molar-refractivity contribution < 1.29 is 19.1 Å². The average molecular weight is 306 g/mol. The molecular formula is C16H22N2O4. The molecule has 6 nitrogen and oxygen atoms in total. The molecule has 1 aromatic rings. The summed E-state index contributed by atoms with van der Waals surface area (Å²) in [6, 6.07) is 8.43. The summed E-state index contributed by atoms with van der Waals surface area (Å²) in [5.41, 5.74) is 0. The molecule has 0 heterocycles. The molecule has 0 spiro atoms. The monoisotopic (exact) mass is 306 g/mol. The highest BCUT2D eigenvalue weighted by molar-refractivity contribution is 5.74. The van der Waals surface area contributed by atoms with Gasteiger partial charge in [0.15, 0.2) is 0 Å². The molecule has 2 amide bonds. The number of azo groups is 1. The first-order valence-corrected chi connectivity index (χ1v) is 7.51. The number of carbonyl (C=O) groups excluding carboxylic acids is 2. The molecule has 0 saturated carbocycles. The maximum absolute atomic E-state index is 11.4. The molecular weight excluding hydrogens is 284 g/mol. The first kappa shape index (κ1) is 17.8. The lowest BCUT2D eigenvalue weighted by atomic mass is 10.0. The summed E-state index contributed by atoms with van der Waals surface area (Å²) in [6.07, 6.45) is 2.31. The standard InChI is InChI=1S/C16H22N2O4/c1-3-5-9-13(4-2)12-21-15(19)17-18-16(20)22-14-10-7-6-8-11-14/h6-8,10-11,13H,3-5,9,12H2,1-2H3. The molecule has 0 aliphatic rings. The molecule has 0 aromatic heterocycles. The van der Waals surface area contributed by atoms with E-state index in [-0.39, 0.29) is 0 Å². The Balaban J connectivity index is 2.32. The maximum Gasteiger partial charge on any atom is 0.458 e. The van der Waals surface area contributed by atoms with Crippen molar-refractivity contribution in [3.8, 4) is 5.75 Å². The van der Waals surface area contributed by atoms with E-state index >= 15 is 0 Å². The molecule has 0 saturated heterocycles. The van der Waals surface area contributed by atoms with Gasteiger partial charge in [-0.05, 0) is 24.5 Å². The first-order chi connectivity index (χ1) is 10.7. The molecule has 0 aliphatic carbocycles. The van der Waals surface area contributed by atoms with Crippen molar-refractivity contribution >= 4 is 12.2 Å². The van der Waals surface area contributed by atoms with Crippen molar-refractivity contribution in [2.24, 2.45) is 16.1 Å². The lowest BCUT2D eigenvalue weighted by Gasteiger charge is -2.12. The number of rotatable bonds is 7. The van der Waals surface area contributed by atoms with Crippen molar-refractivity contribution in [1.29, 1.82) is 0 Å². The van der Waals surface area contributed by atoms with Crippen molar-refractivity contribution in [3.63, 3.8) is 0 Å². The quantitative estimate of drug-likeness (QED) is 0.665. The van der Waals surface area contributed by atoms with Gasteiger partial charge in [0.25, 0.3) is 0 Å². The first-order valence-electron chi connectivity index (χ1n) is 7.51. The summed E-state index contributed by atoms with van der Waals surface area (Å²) in [4.78, 5) is 22.8. The number of benzene rings is 1. The number of ether oxygens (including phenoxy) is 2. The van der Waals surface area contributed by atoms with Gasteiger partial charge in [0.1, 0.15) is 5.75 Å². The summed E-state index contributed by atoms with van der Waals surface area (Å²) < 4.78 is 9.84. The van der Waals surface area contributed by atoms with E-state index in [1.165, 1.54) is 0 Å². The van der Waals surface area contributed by atoms with Crippen LogP contribution in [0.5, 0.6) is 5.75 Å². The van der Waals surface area contributed by atoms with Crippen LogP contribution in [-0.4, -0.2) is 18.8 Å². The van der Waals surface area contributed by atoms with Crippen LogP contribution in [0, 0.1) is 5.92 Å². The van der Waals surface area contributed by atoms with E-state index < -0.39 is 12.2 Å². The normalized spacial score (nSPS) is 12.1. The summed E-state index contributed by atoms with van der Waals surface area (Å²) in [7, 11) is 0. The maximum atomic E-state index is 11.4. The predicted molar refractivity (Wildman–Crippen MR) is 82.0 cm³/mol. The van der Waals surface area contributed by atoms with E-state index in [1.54, 1.807) is 30.3 Å². The van der Waals surface area contributed by atoms with Crippen molar-refractivity contribution in [1.82, 2.24) is 0 Å². The van der Waals surface area contributed by atoms with Gasteiger partial charge >= 0.3 is 12.2 Å². The number of unbranched alkanes of at least 4 members (excludes halogenated alkanes) is 1. The van der Waals surface area contributed by atoms with Gasteiger partial charge in [-0.25, -0.2) is 9.59 Å². The summed E-state index contributed by atoms with van der Waals surface area (Å²) in [5, 5.41) is 6.37. The highest BCUT2D eigenvalue weighted by Gasteiger charge is 2.10. The minimum atomic E-state index is -0.957. The minimum absolute atomic E-state index is 0.294. The fourth-order valence-electron chi connectivity index (χ4n) is 1.81. The molecule has 0 N–H and O–H groups in total. The molecule has 0 fully saturated rings. The van der Waals surface area contributed by atoms with E-state index in [2.05, 4.69) is 17.2 Å². The van der Waals surface area contributed by atoms with Crippen LogP contribution < -0.4 is 4.74 Å². The zero-order valence-electron chi connectivity index (χ0n) is 13.0. The zero-order chi connectivity index (χ0) is 16.2. The minimum Gasteiger partial charge on any atom is -0.447 e. The second kappa shape index (κ2) is 10.5. The largest absolute Gasteiger partial charge is 0.458 e. The lowest BCUT2D eigenvalue weighted by Crippen LogP contribution is -2.11. The smallest absolute Gasteiger partial charge is 0.447 e. The summed E-state index contributed by atoms with van der Waals surface area (Å²) in [6.45, 7) is 4.46. The van der Waals surface area contributed by atoms with Crippen molar-refractivity contribution in [2.45, 2.75) is 39.5 Å². The Hall–Kier alpha value is -2.24. The molecule has 0 radical (unpaired) electrons. The van der Waals surface area contributed by atoms with Crippen LogP contribution in [0.25, 0.3) is 0 Å². The fraction of sp³-hybridized carbons (Fsp3) is 0.500. The second-order valence-electron chi connectivity index (χ2n) is 4.87. The topological polar surface area (TPSA) is 77.3 Å². The number of amides is 2. The number of para-hydroxylation sites is 1. The Labute approximate surface area is 130 Å². The van der Waals surface area contributed by atoms with Gasteiger partial charge in [-0.1, -0.05) is 61.5 Å². The van der Waals surface area contributed by atoms with Crippen LogP contribution >= 0.6 is 0 Å².